The molecule has 0 aliphatic carbocycles. The van der Waals surface area contributed by atoms with Crippen LogP contribution in [-0.2, 0) is 11.8 Å². The van der Waals surface area contributed by atoms with Gasteiger partial charge < -0.3 is 5.11 Å². The van der Waals surface area contributed by atoms with Crippen molar-refractivity contribution in [2.75, 3.05) is 0 Å². The number of thiophene rings is 1. The van der Waals surface area contributed by atoms with Crippen LogP contribution in [0.3, 0.4) is 0 Å². The molecule has 2 aromatic rings. The number of alkyl halides is 3. The number of rotatable bonds is 4. The highest BCUT2D eigenvalue weighted by Gasteiger charge is 2.35. The molecular weight excluding hydrogens is 297 g/mol. The summed E-state index contributed by atoms with van der Waals surface area (Å²) in [6.07, 6.45) is -3.91. The van der Waals surface area contributed by atoms with Crippen molar-refractivity contribution < 1.29 is 18.3 Å². The average molecular weight is 314 g/mol. The number of benzene rings is 1. The van der Waals surface area contributed by atoms with E-state index in [4.69, 9.17) is 0 Å². The predicted octanol–water partition coefficient (Wildman–Crippen LogP) is 5.05. The molecule has 0 fully saturated rings. The topological polar surface area (TPSA) is 20.2 Å². The van der Waals surface area contributed by atoms with Crippen LogP contribution in [0.5, 0.6) is 0 Å². The van der Waals surface area contributed by atoms with E-state index in [-0.39, 0.29) is 5.92 Å². The van der Waals surface area contributed by atoms with Gasteiger partial charge in [0.15, 0.2) is 0 Å². The largest absolute Gasteiger partial charge is 0.416 e. The minimum atomic E-state index is -4.36. The summed E-state index contributed by atoms with van der Waals surface area (Å²) in [7, 11) is 0. The van der Waals surface area contributed by atoms with Gasteiger partial charge >= 0.3 is 6.18 Å². The van der Waals surface area contributed by atoms with E-state index >= 15 is 0 Å². The molecule has 1 heterocycles. The molecule has 0 saturated carbocycles. The molecule has 0 aliphatic heterocycles. The number of halogens is 3. The quantitative estimate of drug-likeness (QED) is 0.837. The van der Waals surface area contributed by atoms with Gasteiger partial charge in [-0.05, 0) is 41.5 Å². The fourth-order valence-corrected chi connectivity index (χ4v) is 3.26. The highest BCUT2D eigenvalue weighted by Crippen LogP contribution is 2.39. The van der Waals surface area contributed by atoms with Crippen LogP contribution in [0, 0.1) is 5.92 Å². The Morgan fingerprint density at radius 1 is 1.05 bits per heavy atom. The normalized spacial score (nSPS) is 15.2. The van der Waals surface area contributed by atoms with Gasteiger partial charge in [-0.2, -0.15) is 13.2 Å². The first kappa shape index (κ1) is 16.0. The highest BCUT2D eigenvalue weighted by molar-refractivity contribution is 7.10. The molecule has 2 rings (SSSR count). The molecule has 114 valence electrons. The second kappa shape index (κ2) is 5.81. The maximum absolute atomic E-state index is 12.6. The monoisotopic (exact) mass is 314 g/mol. The third-order valence-electron chi connectivity index (χ3n) is 3.32. The van der Waals surface area contributed by atoms with Gasteiger partial charge in [-0.3, -0.25) is 0 Å². The predicted molar refractivity (Wildman–Crippen MR) is 78.2 cm³/mol. The number of aliphatic hydroxyl groups is 1. The van der Waals surface area contributed by atoms with Crippen LogP contribution in [0.2, 0.25) is 0 Å². The zero-order chi connectivity index (χ0) is 15.7. The summed E-state index contributed by atoms with van der Waals surface area (Å²) in [5.41, 5.74) is -1.46. The van der Waals surface area contributed by atoms with Crippen molar-refractivity contribution in [2.45, 2.75) is 32.0 Å². The molecule has 0 radical (unpaired) electrons. The maximum atomic E-state index is 12.6. The molecule has 0 bridgehead atoms. The van der Waals surface area contributed by atoms with E-state index in [1.165, 1.54) is 23.5 Å². The van der Waals surface area contributed by atoms with Gasteiger partial charge in [0.1, 0.15) is 5.60 Å². The first-order valence-electron chi connectivity index (χ1n) is 6.67. The summed E-state index contributed by atoms with van der Waals surface area (Å²) in [6.45, 7) is 3.95. The molecule has 1 aromatic heterocycles. The van der Waals surface area contributed by atoms with Gasteiger partial charge in [0, 0.05) is 4.88 Å². The molecule has 0 amide bonds. The molecule has 5 heteroatoms. The van der Waals surface area contributed by atoms with Crippen molar-refractivity contribution in [1.29, 1.82) is 0 Å². The van der Waals surface area contributed by atoms with Crippen LogP contribution in [0.15, 0.2) is 41.8 Å². The molecule has 1 aromatic carbocycles. The molecule has 21 heavy (non-hydrogen) atoms. The molecule has 1 nitrogen and oxygen atoms in total. The second-order valence-electron chi connectivity index (χ2n) is 5.51. The Kier molecular flexibility index (Phi) is 4.44. The lowest BCUT2D eigenvalue weighted by molar-refractivity contribution is -0.137. The van der Waals surface area contributed by atoms with Gasteiger partial charge in [-0.15, -0.1) is 11.3 Å². The Labute approximate surface area is 126 Å². The highest BCUT2D eigenvalue weighted by atomic mass is 32.1. The Morgan fingerprint density at radius 2 is 1.62 bits per heavy atom. The minimum Gasteiger partial charge on any atom is -0.380 e. The van der Waals surface area contributed by atoms with Crippen LogP contribution in [0.1, 0.15) is 36.3 Å². The van der Waals surface area contributed by atoms with Crippen molar-refractivity contribution in [1.82, 2.24) is 0 Å². The summed E-state index contributed by atoms with van der Waals surface area (Å²) in [5, 5.41) is 12.9. The molecule has 1 atom stereocenters. The summed E-state index contributed by atoms with van der Waals surface area (Å²) < 4.78 is 37.9. The van der Waals surface area contributed by atoms with E-state index < -0.39 is 17.3 Å². The number of hydrogen-bond donors (Lipinski definition) is 1. The molecule has 1 N–H and O–H groups in total. The van der Waals surface area contributed by atoms with Gasteiger partial charge in [0.05, 0.1) is 5.56 Å². The van der Waals surface area contributed by atoms with Gasteiger partial charge in [-0.1, -0.05) is 32.0 Å². The van der Waals surface area contributed by atoms with Crippen molar-refractivity contribution in [3.63, 3.8) is 0 Å². The fourth-order valence-electron chi connectivity index (χ4n) is 2.40. The zero-order valence-electron chi connectivity index (χ0n) is 11.8. The van der Waals surface area contributed by atoms with E-state index in [1.54, 1.807) is 0 Å². The van der Waals surface area contributed by atoms with Crippen LogP contribution < -0.4 is 0 Å². The smallest absolute Gasteiger partial charge is 0.380 e. The summed E-state index contributed by atoms with van der Waals surface area (Å²) in [4.78, 5) is 0.746. The lowest BCUT2D eigenvalue weighted by atomic mass is 9.84. The van der Waals surface area contributed by atoms with Crippen molar-refractivity contribution in [2.24, 2.45) is 5.92 Å². The Hall–Kier alpha value is -1.33. The maximum Gasteiger partial charge on any atom is 0.416 e. The summed E-state index contributed by atoms with van der Waals surface area (Å²) in [5.74, 6) is 0.208. The average Bonchev–Trinajstić information content (AvgIpc) is 2.91. The Morgan fingerprint density at radius 3 is 2.05 bits per heavy atom. The van der Waals surface area contributed by atoms with E-state index in [0.717, 1.165) is 17.0 Å². The third-order valence-corrected chi connectivity index (χ3v) is 4.34. The van der Waals surface area contributed by atoms with E-state index in [2.05, 4.69) is 0 Å². The van der Waals surface area contributed by atoms with Crippen molar-refractivity contribution in [3.8, 4) is 0 Å². The van der Waals surface area contributed by atoms with Crippen LogP contribution in [0.4, 0.5) is 13.2 Å². The van der Waals surface area contributed by atoms with E-state index in [1.807, 2.05) is 31.4 Å². The van der Waals surface area contributed by atoms with E-state index in [0.29, 0.717) is 12.0 Å². The molecule has 0 spiro atoms. The summed E-state index contributed by atoms with van der Waals surface area (Å²) in [6, 6.07) is 8.42. The first-order chi connectivity index (χ1) is 9.73. The molecule has 0 saturated heterocycles. The van der Waals surface area contributed by atoms with Crippen LogP contribution >= 0.6 is 11.3 Å². The standard InChI is InChI=1S/C16H17F3OS/c1-11(2)10-15(20,14-4-3-9-21-14)12-5-7-13(8-6-12)16(17,18)19/h3-9,11,20H,10H2,1-2H3. The zero-order valence-corrected chi connectivity index (χ0v) is 12.6. The lowest BCUT2D eigenvalue weighted by Gasteiger charge is -2.30. The van der Waals surface area contributed by atoms with Gasteiger partial charge in [-0.25, -0.2) is 0 Å². The van der Waals surface area contributed by atoms with Gasteiger partial charge in [0.2, 0.25) is 0 Å². The third kappa shape index (κ3) is 3.47. The van der Waals surface area contributed by atoms with Crippen molar-refractivity contribution >= 4 is 11.3 Å². The first-order valence-corrected chi connectivity index (χ1v) is 7.55. The van der Waals surface area contributed by atoms with Crippen LogP contribution in [0.25, 0.3) is 0 Å². The van der Waals surface area contributed by atoms with Gasteiger partial charge in [0.25, 0.3) is 0 Å². The summed E-state index contributed by atoms with van der Waals surface area (Å²) >= 11 is 1.40. The molecule has 1 unspecified atom stereocenters. The van der Waals surface area contributed by atoms with Crippen LogP contribution in [-0.4, -0.2) is 5.11 Å². The minimum absolute atomic E-state index is 0.208. The van der Waals surface area contributed by atoms with Crippen molar-refractivity contribution in [3.05, 3.63) is 57.8 Å². The lowest BCUT2D eigenvalue weighted by Crippen LogP contribution is -2.28. The SMILES string of the molecule is CC(C)CC(O)(c1ccc(C(F)(F)F)cc1)c1cccs1. The Balaban J connectivity index is 2.43. The molecular formula is C16H17F3OS. The fraction of sp³-hybridized carbons (Fsp3) is 0.375. The molecule has 0 aliphatic rings. The second-order valence-corrected chi connectivity index (χ2v) is 6.46. The van der Waals surface area contributed by atoms with E-state index in [9.17, 15) is 18.3 Å². The number of hydrogen-bond acceptors (Lipinski definition) is 2. The Bertz CT molecular complexity index is 573.